The van der Waals surface area contributed by atoms with Crippen molar-refractivity contribution in [2.45, 2.75) is 26.0 Å². The number of halogens is 3. The monoisotopic (exact) mass is 470 g/mol. The predicted octanol–water partition coefficient (Wildman–Crippen LogP) is 5.33. The van der Waals surface area contributed by atoms with Gasteiger partial charge in [-0.2, -0.15) is 0 Å². The summed E-state index contributed by atoms with van der Waals surface area (Å²) in [5.74, 6) is -1.08. The van der Waals surface area contributed by atoms with E-state index in [4.69, 9.17) is 44.6 Å². The number of benzene rings is 2. The zero-order chi connectivity index (χ0) is 20.9. The maximum absolute atomic E-state index is 13.0. The fourth-order valence-electron chi connectivity index (χ4n) is 3.17. The molecule has 0 saturated carbocycles. The maximum atomic E-state index is 13.0. The summed E-state index contributed by atoms with van der Waals surface area (Å²) in [5.41, 5.74) is 1.87. The van der Waals surface area contributed by atoms with E-state index in [0.29, 0.717) is 41.7 Å². The van der Waals surface area contributed by atoms with Gasteiger partial charge in [0.1, 0.15) is 16.3 Å². The molecule has 1 atom stereocenters. The van der Waals surface area contributed by atoms with Crippen molar-refractivity contribution in [3.8, 4) is 5.75 Å². The van der Waals surface area contributed by atoms with Gasteiger partial charge in [0.25, 0.3) is 5.91 Å². The summed E-state index contributed by atoms with van der Waals surface area (Å²) in [6.07, 6.45) is -1.55. The van der Waals surface area contributed by atoms with E-state index in [2.05, 4.69) is 4.98 Å². The molecule has 2 heterocycles. The second kappa shape index (κ2) is 7.65. The standard InChI is InChI=1S/C19H13Cl3N2O4S/c1-8-3-2-4-11-17(8)28-12(6-14(25)26)19(27)24(11)7-13-23-16-10(21)5-9(20)15(22)18(16)29-13/h2-5,12H,6-7H2,1H3,(H,25,26). The molecular formula is C19H13Cl3N2O4S. The Balaban J connectivity index is 1.77. The highest BCUT2D eigenvalue weighted by molar-refractivity contribution is 7.19. The predicted molar refractivity (Wildman–Crippen MR) is 114 cm³/mol. The normalized spacial score (nSPS) is 16.1. The Kier molecular flexibility index (Phi) is 5.33. The number of amides is 1. The van der Waals surface area contributed by atoms with Crippen molar-refractivity contribution < 1.29 is 19.4 Å². The van der Waals surface area contributed by atoms with Gasteiger partial charge in [-0.1, -0.05) is 46.9 Å². The summed E-state index contributed by atoms with van der Waals surface area (Å²) in [7, 11) is 0. The molecule has 1 unspecified atom stereocenters. The number of para-hydroxylation sites is 1. The van der Waals surface area contributed by atoms with E-state index >= 15 is 0 Å². The molecule has 1 aromatic heterocycles. The van der Waals surface area contributed by atoms with Gasteiger partial charge in [-0.15, -0.1) is 11.3 Å². The number of ether oxygens (including phenoxy) is 1. The Morgan fingerprint density at radius 2 is 2.07 bits per heavy atom. The van der Waals surface area contributed by atoms with E-state index in [0.717, 1.165) is 5.56 Å². The fourth-order valence-corrected chi connectivity index (χ4v) is 5.06. The van der Waals surface area contributed by atoms with E-state index < -0.39 is 24.4 Å². The lowest BCUT2D eigenvalue weighted by Gasteiger charge is -2.34. The van der Waals surface area contributed by atoms with Crippen molar-refractivity contribution >= 4 is 73.9 Å². The third kappa shape index (κ3) is 3.64. The van der Waals surface area contributed by atoms with Crippen molar-refractivity contribution in [1.29, 1.82) is 0 Å². The van der Waals surface area contributed by atoms with Crippen LogP contribution in [0.3, 0.4) is 0 Å². The summed E-state index contributed by atoms with van der Waals surface area (Å²) in [4.78, 5) is 30.2. The molecule has 29 heavy (non-hydrogen) atoms. The van der Waals surface area contributed by atoms with Gasteiger partial charge in [-0.25, -0.2) is 4.98 Å². The largest absolute Gasteiger partial charge is 0.481 e. The third-order valence-corrected chi connectivity index (χ3v) is 6.74. The topological polar surface area (TPSA) is 79.7 Å². The third-order valence-electron chi connectivity index (χ3n) is 4.50. The van der Waals surface area contributed by atoms with Gasteiger partial charge in [0.05, 0.1) is 38.4 Å². The van der Waals surface area contributed by atoms with Crippen LogP contribution >= 0.6 is 46.1 Å². The van der Waals surface area contributed by atoms with Gasteiger partial charge in [-0.3, -0.25) is 14.5 Å². The lowest BCUT2D eigenvalue weighted by molar-refractivity contribution is -0.142. The number of fused-ring (bicyclic) bond motifs is 2. The van der Waals surface area contributed by atoms with Crippen molar-refractivity contribution in [2.75, 3.05) is 4.90 Å². The lowest BCUT2D eigenvalue weighted by Crippen LogP contribution is -2.46. The molecule has 2 aromatic carbocycles. The Morgan fingerprint density at radius 3 is 2.79 bits per heavy atom. The highest BCUT2D eigenvalue weighted by Crippen LogP contribution is 2.41. The number of aryl methyl sites for hydroxylation is 1. The molecule has 3 aromatic rings. The number of rotatable bonds is 4. The minimum absolute atomic E-state index is 0.123. The highest BCUT2D eigenvalue weighted by Gasteiger charge is 2.37. The SMILES string of the molecule is Cc1cccc2c1OC(CC(=O)O)C(=O)N2Cc1nc2c(Cl)cc(Cl)c(Cl)c2s1. The van der Waals surface area contributed by atoms with Crippen molar-refractivity contribution in [1.82, 2.24) is 4.98 Å². The summed E-state index contributed by atoms with van der Waals surface area (Å²) in [6, 6.07) is 6.92. The first-order chi connectivity index (χ1) is 13.8. The first-order valence-corrected chi connectivity index (χ1v) is 10.4. The van der Waals surface area contributed by atoms with Crippen molar-refractivity contribution in [2.24, 2.45) is 0 Å². The molecule has 1 N–H and O–H groups in total. The van der Waals surface area contributed by atoms with Gasteiger partial charge in [-0.05, 0) is 24.6 Å². The lowest BCUT2D eigenvalue weighted by atomic mass is 10.1. The minimum atomic E-state index is -1.12. The molecule has 10 heteroatoms. The van der Waals surface area contributed by atoms with E-state index in [9.17, 15) is 9.59 Å². The fraction of sp³-hybridized carbons (Fsp3) is 0.211. The number of aromatic nitrogens is 1. The maximum Gasteiger partial charge on any atom is 0.307 e. The molecule has 4 rings (SSSR count). The summed E-state index contributed by atoms with van der Waals surface area (Å²) in [5, 5.41) is 10.8. The zero-order valence-electron chi connectivity index (χ0n) is 14.9. The summed E-state index contributed by atoms with van der Waals surface area (Å²) in [6.45, 7) is 1.96. The molecule has 0 saturated heterocycles. The van der Waals surface area contributed by atoms with Crippen LogP contribution in [0.15, 0.2) is 24.3 Å². The van der Waals surface area contributed by atoms with Gasteiger partial charge >= 0.3 is 5.97 Å². The number of hydrogen-bond donors (Lipinski definition) is 1. The average molecular weight is 472 g/mol. The smallest absolute Gasteiger partial charge is 0.307 e. The van der Waals surface area contributed by atoms with Crippen LogP contribution in [0.25, 0.3) is 10.2 Å². The van der Waals surface area contributed by atoms with Gasteiger partial charge in [0.15, 0.2) is 6.10 Å². The zero-order valence-corrected chi connectivity index (χ0v) is 18.0. The number of carbonyl (C=O) groups is 2. The molecule has 1 aliphatic heterocycles. The minimum Gasteiger partial charge on any atom is -0.481 e. The Morgan fingerprint density at radius 1 is 1.31 bits per heavy atom. The molecule has 0 fully saturated rings. The first kappa shape index (κ1) is 20.2. The molecular weight excluding hydrogens is 459 g/mol. The molecule has 1 amide bonds. The second-order valence-electron chi connectivity index (χ2n) is 6.49. The van der Waals surface area contributed by atoms with E-state index in [1.807, 2.05) is 13.0 Å². The van der Waals surface area contributed by atoms with Crippen LogP contribution in [0.2, 0.25) is 15.1 Å². The van der Waals surface area contributed by atoms with E-state index in [1.165, 1.54) is 22.3 Å². The Hall–Kier alpha value is -2.06. The first-order valence-electron chi connectivity index (χ1n) is 8.48. The Labute approximate surface area is 184 Å². The average Bonchev–Trinajstić information content (AvgIpc) is 3.08. The number of hydrogen-bond acceptors (Lipinski definition) is 5. The second-order valence-corrected chi connectivity index (χ2v) is 8.77. The van der Waals surface area contributed by atoms with Crippen LogP contribution in [0, 0.1) is 6.92 Å². The number of aliphatic carboxylic acids is 1. The van der Waals surface area contributed by atoms with Crippen LogP contribution < -0.4 is 9.64 Å². The highest BCUT2D eigenvalue weighted by atomic mass is 35.5. The molecule has 6 nitrogen and oxygen atoms in total. The number of carboxylic acid groups (broad SMARTS) is 1. The van der Waals surface area contributed by atoms with Gasteiger partial charge in [0, 0.05) is 0 Å². The number of thiazole rings is 1. The van der Waals surface area contributed by atoms with Gasteiger partial charge < -0.3 is 9.84 Å². The number of carboxylic acids is 1. The quantitative estimate of drug-likeness (QED) is 0.520. The van der Waals surface area contributed by atoms with Crippen LogP contribution in [0.4, 0.5) is 5.69 Å². The molecule has 0 spiro atoms. The molecule has 0 radical (unpaired) electrons. The van der Waals surface area contributed by atoms with Crippen LogP contribution in [-0.4, -0.2) is 28.1 Å². The van der Waals surface area contributed by atoms with E-state index in [-0.39, 0.29) is 6.54 Å². The Bertz CT molecular complexity index is 1160. The summed E-state index contributed by atoms with van der Waals surface area (Å²) >= 11 is 19.9. The molecule has 0 aliphatic carbocycles. The van der Waals surface area contributed by atoms with E-state index in [1.54, 1.807) is 12.1 Å². The van der Waals surface area contributed by atoms with Crippen molar-refractivity contribution in [3.63, 3.8) is 0 Å². The van der Waals surface area contributed by atoms with Crippen LogP contribution in [0.5, 0.6) is 5.75 Å². The molecule has 1 aliphatic rings. The number of carbonyl (C=O) groups excluding carboxylic acids is 1. The van der Waals surface area contributed by atoms with Crippen LogP contribution in [0.1, 0.15) is 17.0 Å². The summed E-state index contributed by atoms with van der Waals surface area (Å²) < 4.78 is 6.35. The molecule has 150 valence electrons. The van der Waals surface area contributed by atoms with Crippen LogP contribution in [-0.2, 0) is 16.1 Å². The number of nitrogens with zero attached hydrogens (tertiary/aromatic N) is 2. The van der Waals surface area contributed by atoms with Gasteiger partial charge in [0.2, 0.25) is 0 Å². The molecule has 0 bridgehead atoms. The number of anilines is 1. The van der Waals surface area contributed by atoms with Crippen molar-refractivity contribution in [3.05, 3.63) is 49.9 Å².